The van der Waals surface area contributed by atoms with Gasteiger partial charge in [-0.15, -0.1) is 0 Å². The number of carbonyl (C=O) groups is 2. The van der Waals surface area contributed by atoms with Gasteiger partial charge in [-0.2, -0.15) is 0 Å². The number of methoxy groups -OCH3 is 3. The molecule has 0 aliphatic rings. The first-order valence-corrected chi connectivity index (χ1v) is 18.5. The van der Waals surface area contributed by atoms with Crippen molar-refractivity contribution in [3.8, 4) is 17.2 Å². The number of benzene rings is 4. The van der Waals surface area contributed by atoms with Crippen molar-refractivity contribution >= 4 is 62.3 Å². The van der Waals surface area contributed by atoms with E-state index in [1.54, 1.807) is 18.2 Å². The molecule has 10 nitrogen and oxygen atoms in total. The van der Waals surface area contributed by atoms with Crippen LogP contribution in [0.25, 0.3) is 0 Å². The molecule has 4 aromatic rings. The molecule has 0 aliphatic carbocycles. The van der Waals surface area contributed by atoms with Crippen LogP contribution in [0.15, 0.2) is 89.8 Å². The summed E-state index contributed by atoms with van der Waals surface area (Å²) in [5, 5.41) is 3.69. The number of amides is 2. The molecule has 0 aliphatic heterocycles. The quantitative estimate of drug-likeness (QED) is 0.127. The standard InChI is InChI=1S/C37H40Cl3N3O7S/c1-24(2)21-41-37(45)32(18-25-10-7-6-8-11-25)42(22-28-29(39)12-9-13-30(28)40)36(44)23-43(31-19-26(38)14-16-33(31)48-3)51(46,47)27-15-17-34(49-4)35(20-27)50-5/h6-17,19-20,24,32H,18,21-23H2,1-5H3,(H,41,45). The molecule has 0 saturated heterocycles. The summed E-state index contributed by atoms with van der Waals surface area (Å²) in [6.07, 6.45) is 0.113. The number of ether oxygens (including phenoxy) is 3. The van der Waals surface area contributed by atoms with Crippen molar-refractivity contribution < 1.29 is 32.2 Å². The van der Waals surface area contributed by atoms with Crippen molar-refractivity contribution in [3.05, 3.63) is 111 Å². The zero-order valence-corrected chi connectivity index (χ0v) is 31.9. The highest BCUT2D eigenvalue weighted by Gasteiger charge is 2.36. The van der Waals surface area contributed by atoms with Crippen LogP contribution in [-0.4, -0.2) is 65.6 Å². The molecule has 2 amide bonds. The molecule has 1 atom stereocenters. The van der Waals surface area contributed by atoms with E-state index in [0.29, 0.717) is 17.9 Å². The maximum Gasteiger partial charge on any atom is 0.265 e. The Bertz CT molecular complexity index is 1930. The van der Waals surface area contributed by atoms with Gasteiger partial charge in [-0.05, 0) is 53.9 Å². The fourth-order valence-corrected chi connectivity index (χ4v) is 7.42. The molecule has 0 aromatic heterocycles. The van der Waals surface area contributed by atoms with Crippen LogP contribution >= 0.6 is 34.8 Å². The smallest absolute Gasteiger partial charge is 0.265 e. The number of nitrogens with one attached hydrogen (secondary N) is 1. The molecule has 0 fully saturated rings. The van der Waals surface area contributed by atoms with Gasteiger partial charge >= 0.3 is 0 Å². The molecule has 4 rings (SSSR count). The highest BCUT2D eigenvalue weighted by molar-refractivity contribution is 7.92. The first-order valence-electron chi connectivity index (χ1n) is 15.9. The zero-order valence-electron chi connectivity index (χ0n) is 28.9. The van der Waals surface area contributed by atoms with Gasteiger partial charge in [-0.25, -0.2) is 8.42 Å². The average molecular weight is 777 g/mol. The number of halogens is 3. The number of anilines is 1. The van der Waals surface area contributed by atoms with Gasteiger partial charge in [0.15, 0.2) is 11.5 Å². The summed E-state index contributed by atoms with van der Waals surface area (Å²) in [5.74, 6) is -0.448. The summed E-state index contributed by atoms with van der Waals surface area (Å²) in [6.45, 7) is 3.28. The van der Waals surface area contributed by atoms with E-state index in [9.17, 15) is 18.0 Å². The Morgan fingerprint density at radius 1 is 0.784 bits per heavy atom. The Balaban J connectivity index is 1.91. The van der Waals surface area contributed by atoms with Crippen molar-refractivity contribution in [2.45, 2.75) is 37.8 Å². The third-order valence-electron chi connectivity index (χ3n) is 7.98. The molecule has 0 saturated carbocycles. The predicted molar refractivity (Wildman–Crippen MR) is 201 cm³/mol. The van der Waals surface area contributed by atoms with E-state index in [4.69, 9.17) is 49.0 Å². The van der Waals surface area contributed by atoms with Crippen LogP contribution in [0.3, 0.4) is 0 Å². The second-order valence-corrected chi connectivity index (χ2v) is 15.0. The van der Waals surface area contributed by atoms with Crippen LogP contribution in [-0.2, 0) is 32.6 Å². The Kier molecular flexibility index (Phi) is 13.9. The van der Waals surface area contributed by atoms with E-state index in [1.165, 1.54) is 62.6 Å². The van der Waals surface area contributed by atoms with Crippen LogP contribution in [0.2, 0.25) is 15.1 Å². The molecule has 51 heavy (non-hydrogen) atoms. The minimum atomic E-state index is -4.55. The molecule has 4 aromatic carbocycles. The lowest BCUT2D eigenvalue weighted by atomic mass is 10.0. The van der Waals surface area contributed by atoms with E-state index < -0.39 is 34.4 Å². The van der Waals surface area contributed by atoms with E-state index >= 15 is 0 Å². The largest absolute Gasteiger partial charge is 0.495 e. The van der Waals surface area contributed by atoms with Gasteiger partial charge in [0.2, 0.25) is 11.8 Å². The SMILES string of the molecule is COc1ccc(S(=O)(=O)N(CC(=O)N(Cc2c(Cl)cccc2Cl)C(Cc2ccccc2)C(=O)NCC(C)C)c2cc(Cl)ccc2OC)cc1OC. The topological polar surface area (TPSA) is 114 Å². The van der Waals surface area contributed by atoms with Crippen molar-refractivity contribution in [2.24, 2.45) is 5.92 Å². The summed E-state index contributed by atoms with van der Waals surface area (Å²) in [5.41, 5.74) is 1.16. The molecule has 272 valence electrons. The molecular formula is C37H40Cl3N3O7S. The Hall–Kier alpha value is -4.16. The van der Waals surface area contributed by atoms with Gasteiger partial charge in [-0.1, -0.05) is 85.0 Å². The molecule has 14 heteroatoms. The van der Waals surface area contributed by atoms with Crippen LogP contribution in [0.4, 0.5) is 5.69 Å². The normalized spacial score (nSPS) is 11.9. The Morgan fingerprint density at radius 3 is 2.02 bits per heavy atom. The maximum absolute atomic E-state index is 14.8. The fourth-order valence-electron chi connectivity index (χ4n) is 5.31. The number of nitrogens with zero attached hydrogens (tertiary/aromatic N) is 2. The summed E-state index contributed by atoms with van der Waals surface area (Å²) in [6, 6.07) is 21.5. The number of hydrogen-bond acceptors (Lipinski definition) is 7. The van der Waals surface area contributed by atoms with Gasteiger partial charge < -0.3 is 24.4 Å². The first kappa shape index (κ1) is 39.6. The van der Waals surface area contributed by atoms with Gasteiger partial charge in [0.1, 0.15) is 18.3 Å². The van der Waals surface area contributed by atoms with Gasteiger partial charge in [0.25, 0.3) is 10.0 Å². The zero-order chi connectivity index (χ0) is 37.3. The highest BCUT2D eigenvalue weighted by atomic mass is 35.5. The fraction of sp³-hybridized carbons (Fsp3) is 0.297. The molecule has 0 bridgehead atoms. The molecule has 1 N–H and O–H groups in total. The predicted octanol–water partition coefficient (Wildman–Crippen LogP) is 7.28. The number of hydrogen-bond donors (Lipinski definition) is 1. The highest BCUT2D eigenvalue weighted by Crippen LogP contribution is 2.37. The Labute approximate surface area is 314 Å². The van der Waals surface area contributed by atoms with Gasteiger partial charge in [-0.3, -0.25) is 13.9 Å². The molecule has 1 unspecified atom stereocenters. The average Bonchev–Trinajstić information content (AvgIpc) is 3.11. The third-order valence-corrected chi connectivity index (χ3v) is 10.7. The van der Waals surface area contributed by atoms with Crippen LogP contribution < -0.4 is 23.8 Å². The number of carbonyl (C=O) groups excluding carboxylic acids is 2. The van der Waals surface area contributed by atoms with Crippen molar-refractivity contribution in [2.75, 3.05) is 38.7 Å². The molecule has 0 heterocycles. The van der Waals surface area contributed by atoms with Gasteiger partial charge in [0.05, 0.1) is 31.9 Å². The van der Waals surface area contributed by atoms with Crippen LogP contribution in [0, 0.1) is 5.92 Å². The summed E-state index contributed by atoms with van der Waals surface area (Å²) < 4.78 is 46.4. The van der Waals surface area contributed by atoms with E-state index in [2.05, 4.69) is 5.32 Å². The lowest BCUT2D eigenvalue weighted by Crippen LogP contribution is -2.53. The molecule has 0 radical (unpaired) electrons. The third kappa shape index (κ3) is 9.79. The minimum absolute atomic E-state index is 0.00673. The first-order chi connectivity index (χ1) is 24.3. The van der Waals surface area contributed by atoms with Crippen LogP contribution in [0.5, 0.6) is 17.2 Å². The summed E-state index contributed by atoms with van der Waals surface area (Å²) in [4.78, 5) is 30.0. The lowest BCUT2D eigenvalue weighted by Gasteiger charge is -2.34. The molecular weight excluding hydrogens is 737 g/mol. The summed E-state index contributed by atoms with van der Waals surface area (Å²) in [7, 11) is -0.368. The van der Waals surface area contributed by atoms with Crippen LogP contribution in [0.1, 0.15) is 25.0 Å². The van der Waals surface area contributed by atoms with Gasteiger partial charge in [0, 0.05) is 46.2 Å². The molecule has 0 spiro atoms. The van der Waals surface area contributed by atoms with E-state index in [0.717, 1.165) is 9.87 Å². The van der Waals surface area contributed by atoms with Crippen molar-refractivity contribution in [1.29, 1.82) is 0 Å². The van der Waals surface area contributed by atoms with E-state index in [-0.39, 0.29) is 56.0 Å². The number of rotatable bonds is 16. The second-order valence-electron chi connectivity index (χ2n) is 11.9. The lowest BCUT2D eigenvalue weighted by molar-refractivity contribution is -0.140. The van der Waals surface area contributed by atoms with Crippen molar-refractivity contribution in [3.63, 3.8) is 0 Å². The maximum atomic E-state index is 14.8. The Morgan fingerprint density at radius 2 is 1.41 bits per heavy atom. The van der Waals surface area contributed by atoms with Crippen molar-refractivity contribution in [1.82, 2.24) is 10.2 Å². The monoisotopic (exact) mass is 775 g/mol. The number of sulfonamides is 1. The van der Waals surface area contributed by atoms with E-state index in [1.807, 2.05) is 44.2 Å². The summed E-state index contributed by atoms with van der Waals surface area (Å²) >= 11 is 19.6. The minimum Gasteiger partial charge on any atom is -0.495 e. The second kappa shape index (κ2) is 17.9.